The monoisotopic (exact) mass is 539 g/mol. The molecule has 2 heterocycles. The molecule has 1 aromatic heterocycles. The summed E-state index contributed by atoms with van der Waals surface area (Å²) in [5, 5.41) is 18.6. The number of benzene rings is 2. The first-order chi connectivity index (χ1) is 17.0. The van der Waals surface area contributed by atoms with E-state index in [0.29, 0.717) is 13.0 Å². The Morgan fingerprint density at radius 3 is 2.30 bits per heavy atom. The molecule has 3 aromatic rings. The minimum atomic E-state index is -4.90. The van der Waals surface area contributed by atoms with Crippen molar-refractivity contribution in [1.82, 2.24) is 9.97 Å². The molecule has 37 heavy (non-hydrogen) atoms. The van der Waals surface area contributed by atoms with Crippen LogP contribution >= 0.6 is 12.2 Å². The number of thiocarbonyl (C=S) groups is 1. The summed E-state index contributed by atoms with van der Waals surface area (Å²) in [5.74, 6) is -7.53. The molecule has 1 aliphatic rings. The summed E-state index contributed by atoms with van der Waals surface area (Å²) in [4.78, 5) is 22.1. The fourth-order valence-corrected chi connectivity index (χ4v) is 4.47. The smallest absolute Gasteiger partial charge is 0.417 e. The zero-order valence-electron chi connectivity index (χ0n) is 19.2. The van der Waals surface area contributed by atoms with E-state index in [2.05, 4.69) is 9.97 Å². The largest absolute Gasteiger partial charge is 0.493 e. The first-order valence-electron chi connectivity index (χ1n) is 10.4. The lowest BCUT2D eigenvalue weighted by Crippen LogP contribution is -2.44. The second-order valence-electron chi connectivity index (χ2n) is 8.74. The lowest BCUT2D eigenvalue weighted by atomic mass is 10.0. The van der Waals surface area contributed by atoms with Crippen molar-refractivity contribution in [2.45, 2.75) is 38.4 Å². The van der Waals surface area contributed by atoms with Crippen LogP contribution in [-0.4, -0.2) is 31.6 Å². The molecule has 0 atom stereocenters. The van der Waals surface area contributed by atoms with E-state index in [0.717, 1.165) is 34.1 Å². The van der Waals surface area contributed by atoms with E-state index in [-0.39, 0.29) is 21.9 Å². The van der Waals surface area contributed by atoms with E-state index < -0.39 is 57.7 Å². The van der Waals surface area contributed by atoms with Gasteiger partial charge >= 0.3 is 12.1 Å². The predicted molar refractivity (Wildman–Crippen MR) is 124 cm³/mol. The Hall–Kier alpha value is -3.99. The maximum Gasteiger partial charge on any atom is 0.417 e. The lowest BCUT2D eigenvalue weighted by molar-refractivity contribution is -0.137. The van der Waals surface area contributed by atoms with Gasteiger partial charge in [-0.1, -0.05) is 0 Å². The first kappa shape index (κ1) is 26.1. The van der Waals surface area contributed by atoms with Crippen LogP contribution in [0.2, 0.25) is 0 Å². The Morgan fingerprint density at radius 1 is 1.08 bits per heavy atom. The Labute approximate surface area is 210 Å². The highest BCUT2D eigenvalue weighted by Gasteiger charge is 2.51. The van der Waals surface area contributed by atoms with Crippen molar-refractivity contribution in [2.75, 3.05) is 9.80 Å². The Bertz CT molecular complexity index is 1530. The van der Waals surface area contributed by atoms with Gasteiger partial charge in [0.2, 0.25) is 11.7 Å². The molecular formula is C23H15F6N5O2S. The van der Waals surface area contributed by atoms with Crippen molar-refractivity contribution in [2.24, 2.45) is 0 Å². The topological polar surface area (TPSA) is 93.4 Å². The first-order valence-corrected chi connectivity index (χ1v) is 10.8. The van der Waals surface area contributed by atoms with Gasteiger partial charge in [-0.15, -0.1) is 0 Å². The molecule has 2 aromatic carbocycles. The van der Waals surface area contributed by atoms with Crippen molar-refractivity contribution < 1.29 is 36.2 Å². The number of carbonyl (C=O) groups is 1. The maximum atomic E-state index is 15.0. The van der Waals surface area contributed by atoms with Crippen LogP contribution in [0.1, 0.15) is 37.7 Å². The highest BCUT2D eigenvalue weighted by atomic mass is 32.1. The van der Waals surface area contributed by atoms with Crippen molar-refractivity contribution in [1.29, 1.82) is 5.26 Å². The number of halogens is 6. The zero-order valence-corrected chi connectivity index (χ0v) is 20.0. The second kappa shape index (κ2) is 8.27. The number of aromatic hydroxyl groups is 1. The van der Waals surface area contributed by atoms with Gasteiger partial charge in [-0.25, -0.2) is 9.37 Å². The van der Waals surface area contributed by atoms with Gasteiger partial charge in [-0.3, -0.25) is 9.69 Å². The SMILES string of the molecule is CC(F)(F)c1nc(O)c2cc(N3C(=S)N(c4ccc(C#N)c(C(F)(F)F)c4)C(=O)C3(C)C)cc(F)c2n1. The van der Waals surface area contributed by atoms with Gasteiger partial charge in [0.05, 0.1) is 28.3 Å². The third-order valence-electron chi connectivity index (χ3n) is 5.72. The average molecular weight is 539 g/mol. The van der Waals surface area contributed by atoms with Gasteiger partial charge < -0.3 is 10.0 Å². The Morgan fingerprint density at radius 2 is 1.73 bits per heavy atom. The molecule has 192 valence electrons. The summed E-state index contributed by atoms with van der Waals surface area (Å²) >= 11 is 5.39. The third kappa shape index (κ3) is 4.18. The van der Waals surface area contributed by atoms with Crippen LogP contribution < -0.4 is 9.80 Å². The van der Waals surface area contributed by atoms with Gasteiger partial charge in [-0.2, -0.15) is 32.2 Å². The summed E-state index contributed by atoms with van der Waals surface area (Å²) in [6.07, 6.45) is -4.90. The van der Waals surface area contributed by atoms with Gasteiger partial charge in [-0.05, 0) is 56.4 Å². The molecule has 4 rings (SSSR count). The standard InChI is InChI=1S/C23H15F6N5O2S/c1-21(2)19(36)33(11-5-4-10(9-30)14(7-11)23(27,28)29)20(37)34(21)12-6-13-16(15(24)8-12)31-18(22(3,25)26)32-17(13)35/h4-8H,1-3H3,(H,31,32,35). The number of aromatic nitrogens is 2. The van der Waals surface area contributed by atoms with Gasteiger partial charge in [0.1, 0.15) is 11.1 Å². The van der Waals surface area contributed by atoms with Crippen molar-refractivity contribution >= 4 is 45.5 Å². The second-order valence-corrected chi connectivity index (χ2v) is 9.11. The molecule has 1 fully saturated rings. The van der Waals surface area contributed by atoms with Crippen LogP contribution in [0.5, 0.6) is 5.88 Å². The molecule has 0 unspecified atom stereocenters. The third-order valence-corrected chi connectivity index (χ3v) is 6.09. The summed E-state index contributed by atoms with van der Waals surface area (Å²) in [7, 11) is 0. The minimum absolute atomic E-state index is 0.115. The molecule has 0 aliphatic carbocycles. The van der Waals surface area contributed by atoms with E-state index in [1.807, 2.05) is 0 Å². The van der Waals surface area contributed by atoms with Crippen LogP contribution in [-0.2, 0) is 16.9 Å². The van der Waals surface area contributed by atoms with Crippen LogP contribution in [0.4, 0.5) is 37.7 Å². The zero-order chi connectivity index (χ0) is 27.7. The fraction of sp³-hybridized carbons (Fsp3) is 0.261. The number of hydrogen-bond acceptors (Lipinski definition) is 6. The molecular weight excluding hydrogens is 524 g/mol. The number of anilines is 2. The average Bonchev–Trinajstić information content (AvgIpc) is 2.96. The number of rotatable bonds is 3. The number of alkyl halides is 5. The number of hydrogen-bond donors (Lipinski definition) is 1. The summed E-state index contributed by atoms with van der Waals surface area (Å²) < 4.78 is 82.9. The number of fused-ring (bicyclic) bond motifs is 1. The minimum Gasteiger partial charge on any atom is -0.493 e. The van der Waals surface area contributed by atoms with E-state index in [1.165, 1.54) is 19.9 Å². The van der Waals surface area contributed by atoms with Crippen LogP contribution in [0.25, 0.3) is 10.9 Å². The van der Waals surface area contributed by atoms with Crippen LogP contribution in [0.15, 0.2) is 30.3 Å². The van der Waals surface area contributed by atoms with Gasteiger partial charge in [0, 0.05) is 12.6 Å². The molecule has 1 saturated heterocycles. The number of carbonyl (C=O) groups excluding carboxylic acids is 1. The van der Waals surface area contributed by atoms with E-state index >= 15 is 4.39 Å². The summed E-state index contributed by atoms with van der Waals surface area (Å²) in [5.41, 5.74) is -4.50. The molecule has 1 amide bonds. The fourth-order valence-electron chi connectivity index (χ4n) is 3.95. The molecule has 14 heteroatoms. The highest BCUT2D eigenvalue weighted by molar-refractivity contribution is 7.81. The van der Waals surface area contributed by atoms with E-state index in [4.69, 9.17) is 17.5 Å². The van der Waals surface area contributed by atoms with Gasteiger partial charge in [0.25, 0.3) is 5.91 Å². The Balaban J connectivity index is 1.86. The number of amides is 1. The normalized spacial score (nSPS) is 16.0. The molecule has 7 nitrogen and oxygen atoms in total. The van der Waals surface area contributed by atoms with Crippen molar-refractivity contribution in [3.63, 3.8) is 0 Å². The van der Waals surface area contributed by atoms with Crippen LogP contribution in [0, 0.1) is 17.1 Å². The van der Waals surface area contributed by atoms with E-state index in [1.54, 1.807) is 0 Å². The molecule has 0 bridgehead atoms. The van der Waals surface area contributed by atoms with E-state index in [9.17, 15) is 31.9 Å². The molecule has 0 saturated carbocycles. The molecule has 1 N–H and O–H groups in total. The number of nitriles is 1. The molecule has 0 spiro atoms. The highest BCUT2D eigenvalue weighted by Crippen LogP contribution is 2.41. The van der Waals surface area contributed by atoms with Crippen molar-refractivity contribution in [3.8, 4) is 11.9 Å². The quantitative estimate of drug-likeness (QED) is 0.352. The van der Waals surface area contributed by atoms with Crippen LogP contribution in [0.3, 0.4) is 0 Å². The predicted octanol–water partition coefficient (Wildman–Crippen LogP) is 5.39. The summed E-state index contributed by atoms with van der Waals surface area (Å²) in [6, 6.07) is 6.03. The number of nitrogens with zero attached hydrogens (tertiary/aromatic N) is 5. The molecule has 1 aliphatic heterocycles. The van der Waals surface area contributed by atoms with Crippen molar-refractivity contribution in [3.05, 3.63) is 53.1 Å². The van der Waals surface area contributed by atoms with Gasteiger partial charge in [0.15, 0.2) is 10.9 Å². The maximum absolute atomic E-state index is 15.0. The molecule has 0 radical (unpaired) electrons. The summed E-state index contributed by atoms with van der Waals surface area (Å²) in [6.45, 7) is 3.24. The lowest BCUT2D eigenvalue weighted by Gasteiger charge is -2.29. The Kier molecular flexibility index (Phi) is 5.83.